The third kappa shape index (κ3) is 5.10. The number of rotatable bonds is 5. The first-order chi connectivity index (χ1) is 9.55. The van der Waals surface area contributed by atoms with Crippen molar-refractivity contribution in [1.29, 1.82) is 0 Å². The fourth-order valence-corrected chi connectivity index (χ4v) is 7.04. The van der Waals surface area contributed by atoms with Gasteiger partial charge in [-0.1, -0.05) is 0 Å². The summed E-state index contributed by atoms with van der Waals surface area (Å²) in [6.07, 6.45) is 2.28. The van der Waals surface area contributed by atoms with E-state index in [1.54, 1.807) is 0 Å². The molecule has 0 aromatic carbocycles. The van der Waals surface area contributed by atoms with Crippen LogP contribution in [0, 0.1) is 6.92 Å². The van der Waals surface area contributed by atoms with Gasteiger partial charge in [0.05, 0.1) is 0 Å². The summed E-state index contributed by atoms with van der Waals surface area (Å²) in [5.41, 5.74) is -0.168. The Bertz CT molecular complexity index is 522. The van der Waals surface area contributed by atoms with Gasteiger partial charge in [0.1, 0.15) is 0 Å². The Labute approximate surface area is 142 Å². The summed E-state index contributed by atoms with van der Waals surface area (Å²) in [7, 11) is -1.76. The molecule has 5 heteroatoms. The van der Waals surface area contributed by atoms with E-state index in [-0.39, 0.29) is 10.6 Å². The van der Waals surface area contributed by atoms with Gasteiger partial charge < -0.3 is 0 Å². The van der Waals surface area contributed by atoms with E-state index in [0.717, 1.165) is 12.4 Å². The van der Waals surface area contributed by atoms with Gasteiger partial charge in [0.15, 0.2) is 0 Å². The third-order valence-corrected chi connectivity index (χ3v) is 14.4. The quantitative estimate of drug-likeness (QED) is 0.641. The average Bonchev–Trinajstić information content (AvgIpc) is 2.55. The zero-order chi connectivity index (χ0) is 17.6. The summed E-state index contributed by atoms with van der Waals surface area (Å²) in [5.74, 6) is 1.12. The Morgan fingerprint density at radius 3 is 2.00 bits per heavy atom. The standard InChI is InChI=1S/C14H27N2OSi.3CH3.Sn/c1-12-15-9-10-16(12)11-14(5,6)17-18(7,8)13(2,3)4;;;;/h10H,11H2,1-8H3;3*1H3;. The molecule has 22 heavy (non-hydrogen) atoms. The van der Waals surface area contributed by atoms with Crippen LogP contribution in [0.2, 0.25) is 33.0 Å². The molecule has 0 aliphatic rings. The van der Waals surface area contributed by atoms with Crippen LogP contribution in [0.3, 0.4) is 0 Å². The minimum atomic E-state index is -2.10. The Morgan fingerprint density at radius 1 is 1.14 bits per heavy atom. The Morgan fingerprint density at radius 2 is 1.64 bits per heavy atom. The van der Waals surface area contributed by atoms with Crippen LogP contribution in [-0.2, 0) is 11.0 Å². The van der Waals surface area contributed by atoms with Crippen molar-refractivity contribution in [2.75, 3.05) is 0 Å². The fourth-order valence-electron chi connectivity index (χ4n) is 2.32. The molecule has 0 fully saturated rings. The monoisotopic (exact) mass is 432 g/mol. The van der Waals surface area contributed by atoms with Gasteiger partial charge in [-0.25, -0.2) is 0 Å². The minimum absolute atomic E-state index is 0.168. The summed E-state index contributed by atoms with van der Waals surface area (Å²) in [5, 5.41) is 0.237. The van der Waals surface area contributed by atoms with E-state index in [1.807, 2.05) is 0 Å². The molecule has 3 nitrogen and oxygen atoms in total. The van der Waals surface area contributed by atoms with Crippen LogP contribution in [0.5, 0.6) is 0 Å². The molecule has 0 aliphatic carbocycles. The third-order valence-electron chi connectivity index (χ3n) is 4.63. The van der Waals surface area contributed by atoms with E-state index in [4.69, 9.17) is 9.41 Å². The molecule has 128 valence electrons. The van der Waals surface area contributed by atoms with Crippen molar-refractivity contribution in [1.82, 2.24) is 9.55 Å². The number of aryl methyl sites for hydroxylation is 1. The van der Waals surface area contributed by atoms with E-state index in [2.05, 4.69) is 80.2 Å². The molecule has 0 radical (unpaired) electrons. The summed E-state index contributed by atoms with van der Waals surface area (Å²) < 4.78 is 10.3. The SMILES string of the molecule is Cc1n[c]([Sn]([CH3])([CH3])[CH3])cn1CC(C)(C)O[Si](C)(C)C(C)(C)C. The van der Waals surface area contributed by atoms with Gasteiger partial charge in [0, 0.05) is 0 Å². The van der Waals surface area contributed by atoms with Crippen LogP contribution in [0.1, 0.15) is 40.4 Å². The molecular weight excluding hydrogens is 395 g/mol. The molecule has 0 spiro atoms. The van der Waals surface area contributed by atoms with E-state index >= 15 is 0 Å². The van der Waals surface area contributed by atoms with E-state index < -0.39 is 26.7 Å². The maximum absolute atomic E-state index is 6.65. The number of hydrogen-bond acceptors (Lipinski definition) is 2. The zero-order valence-corrected chi connectivity index (χ0v) is 20.4. The second-order valence-corrected chi connectivity index (χ2v) is 28.7. The fraction of sp³-hybridized carbons (Fsp3) is 0.824. The van der Waals surface area contributed by atoms with Crippen LogP contribution in [-0.4, -0.2) is 41.8 Å². The molecule has 1 aromatic rings. The number of nitrogens with zero attached hydrogens (tertiary/aromatic N) is 2. The molecule has 0 atom stereocenters. The van der Waals surface area contributed by atoms with Crippen LogP contribution < -0.4 is 3.71 Å². The summed E-state index contributed by atoms with van der Waals surface area (Å²) in [6.45, 7) is 19.0. The first-order valence-electron chi connectivity index (χ1n) is 8.30. The molecule has 0 amide bonds. The molecule has 1 heterocycles. The van der Waals surface area contributed by atoms with Gasteiger partial charge in [0.2, 0.25) is 0 Å². The van der Waals surface area contributed by atoms with Crippen LogP contribution in [0.15, 0.2) is 6.20 Å². The Hall–Kier alpha value is 0.186. The van der Waals surface area contributed by atoms with Crippen molar-refractivity contribution < 1.29 is 4.43 Å². The molecule has 1 rings (SSSR count). The molecule has 1 aromatic heterocycles. The molecule has 0 aliphatic heterocycles. The molecule has 0 unspecified atom stereocenters. The number of hydrogen-bond donors (Lipinski definition) is 0. The first-order valence-corrected chi connectivity index (χ1v) is 21.2. The van der Waals surface area contributed by atoms with Gasteiger partial charge >= 0.3 is 143 Å². The summed E-state index contributed by atoms with van der Waals surface area (Å²) >= 11 is -2.10. The van der Waals surface area contributed by atoms with E-state index in [1.165, 1.54) is 3.71 Å². The van der Waals surface area contributed by atoms with Crippen molar-refractivity contribution in [2.24, 2.45) is 0 Å². The number of aromatic nitrogens is 2. The second kappa shape index (κ2) is 6.24. The molecule has 0 bridgehead atoms. The van der Waals surface area contributed by atoms with Crippen molar-refractivity contribution in [3.8, 4) is 0 Å². The summed E-state index contributed by atoms with van der Waals surface area (Å²) in [4.78, 5) is 12.1. The van der Waals surface area contributed by atoms with Crippen molar-refractivity contribution in [2.45, 2.75) is 86.6 Å². The Balaban J connectivity index is 2.96. The average molecular weight is 431 g/mol. The molecule has 0 saturated heterocycles. The second-order valence-electron chi connectivity index (χ2n) is 9.67. The van der Waals surface area contributed by atoms with Gasteiger partial charge in [-0.3, -0.25) is 0 Å². The molecule has 0 saturated carbocycles. The Kier molecular flexibility index (Phi) is 5.74. The predicted octanol–water partition coefficient (Wildman–Crippen LogP) is 4.54. The van der Waals surface area contributed by atoms with Gasteiger partial charge in [-0.15, -0.1) is 0 Å². The van der Waals surface area contributed by atoms with E-state index in [9.17, 15) is 0 Å². The zero-order valence-electron chi connectivity index (χ0n) is 16.6. The van der Waals surface area contributed by atoms with Gasteiger partial charge in [-0.2, -0.15) is 0 Å². The molecule has 0 N–H and O–H groups in total. The first kappa shape index (κ1) is 20.2. The molecular formula is C17H36N2OSiSn. The summed E-state index contributed by atoms with van der Waals surface area (Å²) in [6, 6.07) is 0. The van der Waals surface area contributed by atoms with Gasteiger partial charge in [-0.05, 0) is 0 Å². The predicted molar refractivity (Wildman–Crippen MR) is 102 cm³/mol. The van der Waals surface area contributed by atoms with Crippen molar-refractivity contribution in [3.63, 3.8) is 0 Å². The topological polar surface area (TPSA) is 27.1 Å². The normalized spacial score (nSPS) is 14.5. The van der Waals surface area contributed by atoms with Crippen LogP contribution >= 0.6 is 0 Å². The van der Waals surface area contributed by atoms with Gasteiger partial charge in [0.25, 0.3) is 0 Å². The number of imidazole rings is 1. The van der Waals surface area contributed by atoms with Crippen LogP contribution in [0.4, 0.5) is 0 Å². The van der Waals surface area contributed by atoms with Crippen molar-refractivity contribution >= 4 is 30.4 Å². The van der Waals surface area contributed by atoms with Crippen LogP contribution in [0.25, 0.3) is 0 Å². The van der Waals surface area contributed by atoms with Crippen molar-refractivity contribution in [3.05, 3.63) is 12.0 Å². The maximum atomic E-state index is 6.65. The van der Waals surface area contributed by atoms with E-state index in [0.29, 0.717) is 0 Å².